The lowest BCUT2D eigenvalue weighted by molar-refractivity contribution is 0.340. The third kappa shape index (κ3) is 1.71. The molecule has 1 aromatic carbocycles. The number of ether oxygens (including phenoxy) is 1. The normalized spacial score (nSPS) is 13.6. The molecule has 0 fully saturated rings. The molecular weight excluding hydrogens is 180 g/mol. The molecule has 0 N–H and O–H groups in total. The number of nitrogens with zero attached hydrogens (tertiary/aromatic N) is 4. The average Bonchev–Trinajstić information content (AvgIpc) is 2.72. The van der Waals surface area contributed by atoms with E-state index < -0.39 is 0 Å². The average molecular weight is 189 g/mol. The van der Waals surface area contributed by atoms with Crippen LogP contribution in [0, 0.1) is 0 Å². The lowest BCUT2D eigenvalue weighted by atomic mass is 10.2. The van der Waals surface area contributed by atoms with E-state index in [1.165, 1.54) is 0 Å². The van der Waals surface area contributed by atoms with Crippen molar-refractivity contribution in [3.05, 3.63) is 29.8 Å². The molecule has 5 heteroatoms. The zero-order chi connectivity index (χ0) is 9.80. The Morgan fingerprint density at radius 1 is 1.21 bits per heavy atom. The molecule has 1 radical (unpaired) electrons. The minimum atomic E-state index is 0.535. The first-order valence-corrected chi connectivity index (χ1v) is 4.32. The molecule has 5 nitrogen and oxygen atoms in total. The van der Waals surface area contributed by atoms with Crippen molar-refractivity contribution in [2.75, 3.05) is 6.61 Å². The van der Waals surface area contributed by atoms with Crippen molar-refractivity contribution in [2.45, 2.75) is 6.92 Å². The van der Waals surface area contributed by atoms with E-state index >= 15 is 0 Å². The van der Waals surface area contributed by atoms with E-state index in [9.17, 15) is 0 Å². The van der Waals surface area contributed by atoms with Crippen LogP contribution in [0.25, 0.3) is 0 Å². The summed E-state index contributed by atoms with van der Waals surface area (Å²) in [5.74, 6) is 1.37. The highest BCUT2D eigenvalue weighted by atomic mass is 16.5. The van der Waals surface area contributed by atoms with E-state index in [0.717, 1.165) is 11.3 Å². The molecule has 14 heavy (non-hydrogen) atoms. The van der Waals surface area contributed by atoms with E-state index in [4.69, 9.17) is 4.74 Å². The smallest absolute Gasteiger partial charge is 0.207 e. The first kappa shape index (κ1) is 8.68. The van der Waals surface area contributed by atoms with Gasteiger partial charge in [0.2, 0.25) is 5.84 Å². The minimum absolute atomic E-state index is 0.535. The molecule has 1 aliphatic heterocycles. The Morgan fingerprint density at radius 2 is 2.00 bits per heavy atom. The van der Waals surface area contributed by atoms with Crippen molar-refractivity contribution < 1.29 is 4.74 Å². The van der Waals surface area contributed by atoms with Crippen LogP contribution in [0.5, 0.6) is 5.75 Å². The molecule has 71 valence electrons. The third-order valence-electron chi connectivity index (χ3n) is 1.74. The Bertz CT molecular complexity index is 369. The molecule has 1 aromatic rings. The summed E-state index contributed by atoms with van der Waals surface area (Å²) in [7, 11) is 0. The molecule has 0 atom stereocenters. The first-order chi connectivity index (χ1) is 6.90. The monoisotopic (exact) mass is 189 g/mol. The molecule has 0 aromatic heterocycles. The highest BCUT2D eigenvalue weighted by Gasteiger charge is 2.07. The van der Waals surface area contributed by atoms with E-state index in [1.807, 2.05) is 31.2 Å². The van der Waals surface area contributed by atoms with Crippen LogP contribution < -0.4 is 10.3 Å². The van der Waals surface area contributed by atoms with Crippen LogP contribution in [0.15, 0.2) is 39.7 Å². The molecular formula is C9H9N4O. The standard InChI is InChI=1S/C9H9N4O/c1-2-14-8-5-3-7(4-6-8)9-10-12-13-11-9/h3-6H,2H2,1H3. The van der Waals surface area contributed by atoms with Crippen LogP contribution in [0.1, 0.15) is 12.5 Å². The fourth-order valence-electron chi connectivity index (χ4n) is 1.13. The highest BCUT2D eigenvalue weighted by molar-refractivity contribution is 5.99. The molecule has 2 rings (SSSR count). The minimum Gasteiger partial charge on any atom is -0.494 e. The number of amidine groups is 1. The fraction of sp³-hybridized carbons (Fsp3) is 0.222. The summed E-state index contributed by atoms with van der Waals surface area (Å²) in [6.07, 6.45) is 0. The zero-order valence-corrected chi connectivity index (χ0v) is 7.71. The van der Waals surface area contributed by atoms with E-state index in [0.29, 0.717) is 12.4 Å². The molecule has 0 saturated carbocycles. The maximum absolute atomic E-state index is 5.31. The first-order valence-electron chi connectivity index (χ1n) is 4.32. The van der Waals surface area contributed by atoms with Gasteiger partial charge >= 0.3 is 0 Å². The lowest BCUT2D eigenvalue weighted by Gasteiger charge is -2.02. The summed E-state index contributed by atoms with van der Waals surface area (Å²) in [5.41, 5.74) is 4.30. The Hall–Kier alpha value is -1.91. The fourth-order valence-corrected chi connectivity index (χ4v) is 1.13. The summed E-state index contributed by atoms with van der Waals surface area (Å²) in [5, 5.41) is 10.9. The second-order valence-corrected chi connectivity index (χ2v) is 2.66. The molecule has 0 amide bonds. The van der Waals surface area contributed by atoms with Crippen LogP contribution in [-0.4, -0.2) is 12.4 Å². The van der Waals surface area contributed by atoms with Crippen LogP contribution in [0.2, 0.25) is 0 Å². The van der Waals surface area contributed by atoms with Crippen molar-refractivity contribution in [3.63, 3.8) is 0 Å². The van der Waals surface area contributed by atoms with Crippen LogP contribution in [-0.2, 0) is 0 Å². The van der Waals surface area contributed by atoms with Crippen molar-refractivity contribution in [2.24, 2.45) is 15.4 Å². The summed E-state index contributed by atoms with van der Waals surface area (Å²) < 4.78 is 5.31. The van der Waals surface area contributed by atoms with Gasteiger partial charge in [-0.2, -0.15) is 0 Å². The highest BCUT2D eigenvalue weighted by Crippen LogP contribution is 2.14. The molecule has 1 heterocycles. The van der Waals surface area contributed by atoms with Gasteiger partial charge < -0.3 is 4.74 Å². The summed E-state index contributed by atoms with van der Waals surface area (Å²) in [4.78, 5) is 0. The Kier molecular flexibility index (Phi) is 2.40. The topological polar surface area (TPSA) is 60.4 Å². The predicted octanol–water partition coefficient (Wildman–Crippen LogP) is 1.73. The summed E-state index contributed by atoms with van der Waals surface area (Å²) >= 11 is 0. The summed E-state index contributed by atoms with van der Waals surface area (Å²) in [6, 6.07) is 7.50. The van der Waals surface area contributed by atoms with Gasteiger partial charge in [0, 0.05) is 5.56 Å². The van der Waals surface area contributed by atoms with Crippen molar-refractivity contribution >= 4 is 5.84 Å². The van der Waals surface area contributed by atoms with Crippen molar-refractivity contribution in [1.29, 1.82) is 0 Å². The second kappa shape index (κ2) is 3.87. The van der Waals surface area contributed by atoms with Crippen LogP contribution >= 0.6 is 0 Å². The Morgan fingerprint density at radius 3 is 2.57 bits per heavy atom. The Labute approximate surface area is 81.5 Å². The SMILES string of the molecule is CCOc1ccc(C2=N[N]N=N2)cc1. The predicted molar refractivity (Wildman–Crippen MR) is 51.1 cm³/mol. The van der Waals surface area contributed by atoms with Gasteiger partial charge in [0.1, 0.15) is 5.75 Å². The third-order valence-corrected chi connectivity index (χ3v) is 1.74. The van der Waals surface area contributed by atoms with Gasteiger partial charge in [0.15, 0.2) is 0 Å². The van der Waals surface area contributed by atoms with Gasteiger partial charge in [-0.25, -0.2) is 0 Å². The maximum Gasteiger partial charge on any atom is 0.207 e. The van der Waals surface area contributed by atoms with Crippen LogP contribution in [0.3, 0.4) is 0 Å². The molecule has 1 aliphatic rings. The summed E-state index contributed by atoms with van der Waals surface area (Å²) in [6.45, 7) is 2.61. The van der Waals surface area contributed by atoms with E-state index in [2.05, 4.69) is 21.0 Å². The van der Waals surface area contributed by atoms with Crippen molar-refractivity contribution in [1.82, 2.24) is 5.53 Å². The lowest BCUT2D eigenvalue weighted by Crippen LogP contribution is -1.95. The molecule has 0 unspecified atom stereocenters. The number of rotatable bonds is 3. The van der Waals surface area contributed by atoms with E-state index in [-0.39, 0.29) is 0 Å². The number of hydrogen-bond donors (Lipinski definition) is 0. The number of hydrogen-bond acceptors (Lipinski definition) is 4. The van der Waals surface area contributed by atoms with Gasteiger partial charge in [-0.1, -0.05) is 0 Å². The van der Waals surface area contributed by atoms with Crippen LogP contribution in [0.4, 0.5) is 0 Å². The molecule has 0 bridgehead atoms. The van der Waals surface area contributed by atoms with Gasteiger partial charge in [-0.3, -0.25) is 0 Å². The molecule has 0 aliphatic carbocycles. The van der Waals surface area contributed by atoms with E-state index in [1.54, 1.807) is 0 Å². The zero-order valence-electron chi connectivity index (χ0n) is 7.71. The van der Waals surface area contributed by atoms with Gasteiger partial charge in [0.25, 0.3) is 0 Å². The van der Waals surface area contributed by atoms with Gasteiger partial charge in [-0.05, 0) is 41.9 Å². The molecule has 0 saturated heterocycles. The second-order valence-electron chi connectivity index (χ2n) is 2.66. The largest absolute Gasteiger partial charge is 0.494 e. The quantitative estimate of drug-likeness (QED) is 0.714. The number of benzene rings is 1. The van der Waals surface area contributed by atoms with Gasteiger partial charge in [-0.15, -0.1) is 10.2 Å². The Balaban J connectivity index is 2.17. The maximum atomic E-state index is 5.31. The van der Waals surface area contributed by atoms with Crippen molar-refractivity contribution in [3.8, 4) is 5.75 Å². The molecule has 0 spiro atoms. The van der Waals surface area contributed by atoms with Gasteiger partial charge in [0.05, 0.1) is 6.61 Å².